The van der Waals surface area contributed by atoms with Gasteiger partial charge in [0, 0.05) is 50.4 Å². The lowest BCUT2D eigenvalue weighted by atomic mass is 9.95. The van der Waals surface area contributed by atoms with Crippen LogP contribution in [0.15, 0.2) is 30.5 Å². The molecule has 31 heavy (non-hydrogen) atoms. The Morgan fingerprint density at radius 2 is 1.97 bits per heavy atom. The van der Waals surface area contributed by atoms with Crippen LogP contribution in [0.1, 0.15) is 41.2 Å². The molecular weight excluding hydrogens is 392 g/mol. The average Bonchev–Trinajstić information content (AvgIpc) is 3.45. The number of nitrogens with zero attached hydrogens (tertiary/aromatic N) is 5. The first-order chi connectivity index (χ1) is 14.9. The van der Waals surface area contributed by atoms with Gasteiger partial charge in [-0.2, -0.15) is 0 Å². The van der Waals surface area contributed by atoms with Gasteiger partial charge >= 0.3 is 0 Å². The Kier molecular flexibility index (Phi) is 6.18. The zero-order valence-electron chi connectivity index (χ0n) is 18.3. The largest absolute Gasteiger partial charge is 0.366 e. The molecule has 1 aromatic heterocycles. The minimum atomic E-state index is -0.464. The molecule has 2 aliphatic heterocycles. The molecule has 0 unspecified atom stereocenters. The van der Waals surface area contributed by atoms with Crippen LogP contribution in [-0.2, 0) is 4.79 Å². The molecule has 2 N–H and O–H groups in total. The van der Waals surface area contributed by atoms with E-state index in [-0.39, 0.29) is 11.8 Å². The van der Waals surface area contributed by atoms with Crippen molar-refractivity contribution in [1.29, 1.82) is 0 Å². The molecule has 2 fully saturated rings. The molecule has 4 rings (SSSR count). The molecule has 0 bridgehead atoms. The van der Waals surface area contributed by atoms with Crippen molar-refractivity contribution < 1.29 is 9.59 Å². The van der Waals surface area contributed by atoms with Gasteiger partial charge in [-0.3, -0.25) is 14.5 Å². The van der Waals surface area contributed by atoms with E-state index in [2.05, 4.69) is 9.88 Å². The van der Waals surface area contributed by atoms with Gasteiger partial charge in [0.05, 0.1) is 12.2 Å². The fourth-order valence-corrected chi connectivity index (χ4v) is 4.42. The highest BCUT2D eigenvalue weighted by Crippen LogP contribution is 2.34. The lowest BCUT2D eigenvalue weighted by Crippen LogP contribution is -2.38. The second kappa shape index (κ2) is 9.01. The monoisotopic (exact) mass is 422 g/mol. The lowest BCUT2D eigenvalue weighted by molar-refractivity contribution is -0.131. The number of primary amides is 1. The number of aromatic nitrogens is 2. The molecule has 1 atom stereocenters. The van der Waals surface area contributed by atoms with Crippen LogP contribution in [0.4, 0.5) is 5.95 Å². The number of likely N-dealkylation sites (tertiary alicyclic amines) is 2. The molecule has 0 saturated carbocycles. The Labute approximate surface area is 183 Å². The Morgan fingerprint density at radius 1 is 1.19 bits per heavy atom. The highest BCUT2D eigenvalue weighted by Gasteiger charge is 2.31. The standard InChI is InChI=1S/C23H30N6O2/c1-27(2)23-25-13-19(16-6-5-7-17(12-16)22(24)31)21(26-23)18-8-11-29(14-18)20(30)15-28-9-3-4-10-28/h5-7,12-13,18H,3-4,8-11,14-15H2,1-2H3,(H2,24,31)/t18-/m0/s1. The summed E-state index contributed by atoms with van der Waals surface area (Å²) in [7, 11) is 3.82. The van der Waals surface area contributed by atoms with Crippen molar-refractivity contribution in [2.24, 2.45) is 5.73 Å². The summed E-state index contributed by atoms with van der Waals surface area (Å²) < 4.78 is 0. The molecule has 0 aliphatic carbocycles. The minimum Gasteiger partial charge on any atom is -0.366 e. The van der Waals surface area contributed by atoms with Gasteiger partial charge in [-0.15, -0.1) is 0 Å². The second-order valence-corrected chi connectivity index (χ2v) is 8.62. The third kappa shape index (κ3) is 4.69. The Bertz CT molecular complexity index is 970. The van der Waals surface area contributed by atoms with E-state index >= 15 is 0 Å². The van der Waals surface area contributed by atoms with Crippen molar-refractivity contribution in [2.45, 2.75) is 25.2 Å². The Balaban J connectivity index is 1.60. The molecule has 8 heteroatoms. The van der Waals surface area contributed by atoms with Crippen molar-refractivity contribution in [1.82, 2.24) is 19.8 Å². The van der Waals surface area contributed by atoms with Crippen LogP contribution in [0, 0.1) is 0 Å². The molecule has 0 spiro atoms. The predicted octanol–water partition coefficient (Wildman–Crippen LogP) is 1.72. The van der Waals surface area contributed by atoms with E-state index in [1.165, 1.54) is 12.8 Å². The second-order valence-electron chi connectivity index (χ2n) is 8.62. The van der Waals surface area contributed by atoms with Gasteiger partial charge in [-0.25, -0.2) is 9.97 Å². The predicted molar refractivity (Wildman–Crippen MR) is 120 cm³/mol. The first-order valence-corrected chi connectivity index (χ1v) is 10.9. The average molecular weight is 423 g/mol. The van der Waals surface area contributed by atoms with E-state index in [9.17, 15) is 9.59 Å². The summed E-state index contributed by atoms with van der Waals surface area (Å²) >= 11 is 0. The lowest BCUT2D eigenvalue weighted by Gasteiger charge is -2.22. The molecule has 164 valence electrons. The summed E-state index contributed by atoms with van der Waals surface area (Å²) in [5.74, 6) is 0.487. The van der Waals surface area contributed by atoms with Gasteiger partial charge in [-0.1, -0.05) is 12.1 Å². The van der Waals surface area contributed by atoms with Crippen LogP contribution in [-0.4, -0.2) is 78.4 Å². The first kappa shape index (κ1) is 21.2. The molecular formula is C23H30N6O2. The van der Waals surface area contributed by atoms with Crippen LogP contribution < -0.4 is 10.6 Å². The minimum absolute atomic E-state index is 0.122. The van der Waals surface area contributed by atoms with Crippen LogP contribution in [0.5, 0.6) is 0 Å². The van der Waals surface area contributed by atoms with Crippen LogP contribution in [0.3, 0.4) is 0 Å². The molecule has 2 amide bonds. The number of anilines is 1. The Hall–Kier alpha value is -3.00. The number of carbonyl (C=O) groups excluding carboxylic acids is 2. The molecule has 8 nitrogen and oxygen atoms in total. The summed E-state index contributed by atoms with van der Waals surface area (Å²) in [6.07, 6.45) is 5.03. The van der Waals surface area contributed by atoms with Crippen molar-refractivity contribution in [3.8, 4) is 11.1 Å². The van der Waals surface area contributed by atoms with E-state index in [4.69, 9.17) is 10.7 Å². The van der Waals surface area contributed by atoms with Crippen molar-refractivity contribution in [2.75, 3.05) is 51.7 Å². The number of rotatable bonds is 6. The van der Waals surface area contributed by atoms with Crippen molar-refractivity contribution in [3.05, 3.63) is 41.7 Å². The normalized spacial score (nSPS) is 19.0. The maximum atomic E-state index is 12.8. The number of nitrogens with two attached hydrogens (primary N) is 1. The number of amides is 2. The summed E-state index contributed by atoms with van der Waals surface area (Å²) in [6.45, 7) is 3.92. The van der Waals surface area contributed by atoms with Gasteiger partial charge in [0.25, 0.3) is 0 Å². The number of carbonyl (C=O) groups is 2. The third-order valence-corrected chi connectivity index (χ3v) is 6.15. The number of hydrogen-bond donors (Lipinski definition) is 1. The highest BCUT2D eigenvalue weighted by atomic mass is 16.2. The molecule has 2 aliphatic rings. The van der Waals surface area contributed by atoms with Crippen LogP contribution in [0.25, 0.3) is 11.1 Å². The van der Waals surface area contributed by atoms with Gasteiger partial charge in [0.1, 0.15) is 0 Å². The van der Waals surface area contributed by atoms with E-state index < -0.39 is 5.91 Å². The topological polar surface area (TPSA) is 95.7 Å². The smallest absolute Gasteiger partial charge is 0.248 e. The number of benzene rings is 1. The molecule has 2 saturated heterocycles. The molecule has 2 aromatic rings. The molecule has 1 aromatic carbocycles. The summed E-state index contributed by atoms with van der Waals surface area (Å²) in [5.41, 5.74) is 8.59. The SMILES string of the molecule is CN(C)c1ncc(-c2cccc(C(N)=O)c2)c([C@H]2CCN(C(=O)CN3CCCC3)C2)n1. The van der Waals surface area contributed by atoms with Gasteiger partial charge in [0.2, 0.25) is 17.8 Å². The maximum Gasteiger partial charge on any atom is 0.248 e. The van der Waals surface area contributed by atoms with E-state index in [0.29, 0.717) is 24.6 Å². The van der Waals surface area contributed by atoms with Gasteiger partial charge in [-0.05, 0) is 50.0 Å². The fraction of sp³-hybridized carbons (Fsp3) is 0.478. The van der Waals surface area contributed by atoms with Crippen LogP contribution >= 0.6 is 0 Å². The maximum absolute atomic E-state index is 12.8. The summed E-state index contributed by atoms with van der Waals surface area (Å²) in [5, 5.41) is 0. The zero-order chi connectivity index (χ0) is 22.0. The van der Waals surface area contributed by atoms with Crippen molar-refractivity contribution in [3.63, 3.8) is 0 Å². The number of hydrogen-bond acceptors (Lipinski definition) is 6. The van der Waals surface area contributed by atoms with Crippen LogP contribution in [0.2, 0.25) is 0 Å². The molecule has 0 radical (unpaired) electrons. The molecule has 3 heterocycles. The van der Waals surface area contributed by atoms with Gasteiger partial charge < -0.3 is 15.5 Å². The third-order valence-electron chi connectivity index (χ3n) is 6.15. The Morgan fingerprint density at radius 3 is 2.68 bits per heavy atom. The summed E-state index contributed by atoms with van der Waals surface area (Å²) in [6, 6.07) is 7.24. The zero-order valence-corrected chi connectivity index (χ0v) is 18.3. The van der Waals surface area contributed by atoms with Crippen molar-refractivity contribution >= 4 is 17.8 Å². The van der Waals surface area contributed by atoms with E-state index in [0.717, 1.165) is 42.9 Å². The first-order valence-electron chi connectivity index (χ1n) is 10.9. The quantitative estimate of drug-likeness (QED) is 0.762. The summed E-state index contributed by atoms with van der Waals surface area (Å²) in [4.78, 5) is 39.9. The fourth-order valence-electron chi connectivity index (χ4n) is 4.42. The van der Waals surface area contributed by atoms with E-state index in [1.807, 2.05) is 42.2 Å². The highest BCUT2D eigenvalue weighted by molar-refractivity contribution is 5.94. The van der Waals surface area contributed by atoms with Gasteiger partial charge in [0.15, 0.2) is 0 Å². The van der Waals surface area contributed by atoms with E-state index in [1.54, 1.807) is 12.1 Å².